The first kappa shape index (κ1) is 42.3. The van der Waals surface area contributed by atoms with Gasteiger partial charge in [-0.1, -0.05) is 106 Å². The van der Waals surface area contributed by atoms with Crippen molar-refractivity contribution in [3.63, 3.8) is 0 Å². The number of rotatable bonds is 7. The summed E-state index contributed by atoms with van der Waals surface area (Å²) in [5.41, 5.74) is 13.1. The minimum absolute atomic E-state index is 0. The van der Waals surface area contributed by atoms with Gasteiger partial charge in [0.15, 0.2) is 0 Å². The maximum Gasteiger partial charge on any atom is 0 e. The summed E-state index contributed by atoms with van der Waals surface area (Å²) in [6.07, 6.45) is 5.73. The number of fused-ring (bicyclic) bond motifs is 3. The third kappa shape index (κ3) is 8.22. The summed E-state index contributed by atoms with van der Waals surface area (Å²) >= 11 is 0.0361. The van der Waals surface area contributed by atoms with Crippen LogP contribution in [0.4, 0.5) is 39.9 Å². The molecule has 0 aliphatic carbocycles. The second-order valence-electron chi connectivity index (χ2n) is 17.7. The van der Waals surface area contributed by atoms with E-state index in [2.05, 4.69) is 207 Å². The van der Waals surface area contributed by atoms with Crippen molar-refractivity contribution in [1.29, 1.82) is 0 Å². The molecule has 8 heteroatoms. The molecule has 2 aromatic heterocycles. The smallest absolute Gasteiger partial charge is 0 e. The molecule has 6 nitrogen and oxygen atoms in total. The fraction of sp³-hybridized carbons (Fsp3) is 0.145. The number of ether oxygens (including phenoxy) is 1. The van der Waals surface area contributed by atoms with Crippen molar-refractivity contribution < 1.29 is 25.8 Å². The summed E-state index contributed by atoms with van der Waals surface area (Å²) in [5.74, 6) is 2.04. The Morgan fingerprint density at radius 2 is 1.24 bits per heavy atom. The SMILES string of the molecule is CC(C)(C)c1ccnc(N2c3[c-]c(Oc4[c-]c(N5[CH-]N(c6c(-c7ccccc7)cccc6-c6ccccc6)c6ccc(C(C)(C)C)cc65)ccc4)ccc3[Se]c3cnccc32)c1.[Pt]. The summed E-state index contributed by atoms with van der Waals surface area (Å²) in [6.45, 7) is 15.7. The van der Waals surface area contributed by atoms with E-state index in [0.29, 0.717) is 11.5 Å². The first-order valence-corrected chi connectivity index (χ1v) is 22.7. The number of aromatic nitrogens is 2. The van der Waals surface area contributed by atoms with E-state index in [-0.39, 0.29) is 46.9 Å². The fourth-order valence-corrected chi connectivity index (χ4v) is 10.2. The number of hydrogen-bond acceptors (Lipinski definition) is 6. The van der Waals surface area contributed by atoms with Crippen LogP contribution in [0.2, 0.25) is 0 Å². The third-order valence-corrected chi connectivity index (χ3v) is 13.7. The van der Waals surface area contributed by atoms with Gasteiger partial charge in [0.25, 0.3) is 0 Å². The van der Waals surface area contributed by atoms with Crippen molar-refractivity contribution in [3.05, 3.63) is 194 Å². The monoisotopic (exact) mass is 1070 g/mol. The maximum atomic E-state index is 6.71. The summed E-state index contributed by atoms with van der Waals surface area (Å²) in [6, 6.07) is 58.7. The first-order chi connectivity index (χ1) is 30.0. The first-order valence-electron chi connectivity index (χ1n) is 21.0. The Bertz CT molecular complexity index is 2890. The van der Waals surface area contributed by atoms with Crippen LogP contribution in [0.15, 0.2) is 164 Å². The number of nitrogens with zero attached hydrogens (tertiary/aromatic N) is 5. The normalized spacial score (nSPS) is 13.2. The average molecular weight is 1070 g/mol. The van der Waals surface area contributed by atoms with Gasteiger partial charge in [-0.15, -0.1) is 0 Å². The Balaban J connectivity index is 0.00000504. The zero-order valence-corrected chi connectivity index (χ0v) is 40.0. The van der Waals surface area contributed by atoms with Crippen LogP contribution >= 0.6 is 0 Å². The largest absolute Gasteiger partial charge is 0 e. The van der Waals surface area contributed by atoms with Crippen LogP contribution in [0.3, 0.4) is 0 Å². The van der Waals surface area contributed by atoms with Crippen LogP contribution in [0.5, 0.6) is 11.5 Å². The molecule has 0 saturated carbocycles. The number of benzene rings is 6. The zero-order valence-electron chi connectivity index (χ0n) is 36.0. The van der Waals surface area contributed by atoms with E-state index >= 15 is 0 Å². The van der Waals surface area contributed by atoms with E-state index in [1.807, 2.05) is 36.8 Å². The number of hydrogen-bond donors (Lipinski definition) is 0. The minimum Gasteiger partial charge on any atom is 0 e. The summed E-state index contributed by atoms with van der Waals surface area (Å²) in [4.78, 5) is 16.2. The Hall–Kier alpha value is -5.97. The molecule has 10 rings (SSSR count). The molecule has 63 heavy (non-hydrogen) atoms. The number of para-hydroxylation sites is 1. The third-order valence-electron chi connectivity index (χ3n) is 11.4. The molecule has 0 radical (unpaired) electrons. The summed E-state index contributed by atoms with van der Waals surface area (Å²) in [5, 5.41) is 0. The molecule has 0 spiro atoms. The van der Waals surface area contributed by atoms with Crippen molar-refractivity contribution in [2.75, 3.05) is 14.7 Å². The van der Waals surface area contributed by atoms with Gasteiger partial charge in [-0.3, -0.25) is 0 Å². The topological polar surface area (TPSA) is 44.7 Å². The molecule has 0 bridgehead atoms. The molecule has 6 aromatic carbocycles. The molecule has 4 heterocycles. The van der Waals surface area contributed by atoms with E-state index < -0.39 is 0 Å². The van der Waals surface area contributed by atoms with Gasteiger partial charge in [0.05, 0.1) is 0 Å². The standard InChI is InChI=1S/C55H46N5OSe.Pt/c1-54(2,3)39-23-25-46-48(31-39)58(36-59(46)53-44(37-15-9-7-10-16-37)21-14-22-45(53)38-17-11-8-12-18-38)41-19-13-20-42(33-41)61-43-24-26-50-49(34-43)60(47-28-29-56-35-51(47)62-50)52-32-40(27-30-57-52)55(4,5)6;/h7-32,35-36H,1-6H3;/q-3;. The Kier molecular flexibility index (Phi) is 11.4. The Morgan fingerprint density at radius 1 is 0.571 bits per heavy atom. The molecule has 8 aromatic rings. The zero-order chi connectivity index (χ0) is 42.6. The molecule has 2 aliphatic heterocycles. The molecule has 0 atom stereocenters. The molecular formula is C55H46N5OPtSe-3. The van der Waals surface area contributed by atoms with Crippen LogP contribution in [-0.4, -0.2) is 24.9 Å². The van der Waals surface area contributed by atoms with Crippen molar-refractivity contribution in [3.8, 4) is 33.8 Å². The summed E-state index contributed by atoms with van der Waals surface area (Å²) < 4.78 is 9.10. The Morgan fingerprint density at radius 3 is 1.94 bits per heavy atom. The van der Waals surface area contributed by atoms with Gasteiger partial charge in [0.2, 0.25) is 0 Å². The van der Waals surface area contributed by atoms with Crippen molar-refractivity contribution in [1.82, 2.24) is 9.97 Å². The average Bonchev–Trinajstić information content (AvgIpc) is 3.67. The Labute approximate surface area is 392 Å². The minimum atomic E-state index is -0.0575. The van der Waals surface area contributed by atoms with Crippen LogP contribution in [0, 0.1) is 18.8 Å². The van der Waals surface area contributed by atoms with Crippen LogP contribution < -0.4 is 28.4 Å². The number of pyridine rings is 2. The van der Waals surface area contributed by atoms with Gasteiger partial charge in [-0.25, -0.2) is 0 Å². The van der Waals surface area contributed by atoms with Gasteiger partial charge >= 0.3 is 240 Å². The van der Waals surface area contributed by atoms with Gasteiger partial charge in [-0.05, 0) is 16.5 Å². The summed E-state index contributed by atoms with van der Waals surface area (Å²) in [7, 11) is 0. The van der Waals surface area contributed by atoms with Crippen molar-refractivity contribution in [2.45, 2.75) is 52.4 Å². The van der Waals surface area contributed by atoms with Crippen molar-refractivity contribution >= 4 is 63.8 Å². The van der Waals surface area contributed by atoms with Crippen LogP contribution in [0.25, 0.3) is 22.3 Å². The molecule has 0 amide bonds. The van der Waals surface area contributed by atoms with Gasteiger partial charge in [0, 0.05) is 32.2 Å². The van der Waals surface area contributed by atoms with E-state index in [0.717, 1.165) is 62.2 Å². The van der Waals surface area contributed by atoms with E-state index in [4.69, 9.17) is 9.72 Å². The molecule has 2 aliphatic rings. The molecule has 316 valence electrons. The molecule has 0 fully saturated rings. The quantitative estimate of drug-likeness (QED) is 0.117. The van der Waals surface area contributed by atoms with E-state index in [9.17, 15) is 0 Å². The predicted molar refractivity (Wildman–Crippen MR) is 256 cm³/mol. The molecular weight excluding hydrogens is 1020 g/mol. The molecule has 0 unspecified atom stereocenters. The van der Waals surface area contributed by atoms with Crippen LogP contribution in [-0.2, 0) is 31.9 Å². The van der Waals surface area contributed by atoms with Crippen LogP contribution in [0.1, 0.15) is 52.7 Å². The predicted octanol–water partition coefficient (Wildman–Crippen LogP) is 12.6. The van der Waals surface area contributed by atoms with Gasteiger partial charge in [-0.2, -0.15) is 0 Å². The fourth-order valence-electron chi connectivity index (χ4n) is 8.13. The van der Waals surface area contributed by atoms with E-state index in [1.54, 1.807) is 0 Å². The maximum absolute atomic E-state index is 6.71. The second kappa shape index (κ2) is 17.0. The molecule has 0 N–H and O–H groups in total. The second-order valence-corrected chi connectivity index (χ2v) is 20.0. The molecule has 0 saturated heterocycles. The van der Waals surface area contributed by atoms with E-state index in [1.165, 1.54) is 20.1 Å². The van der Waals surface area contributed by atoms with Gasteiger partial charge in [0.1, 0.15) is 0 Å². The van der Waals surface area contributed by atoms with Crippen molar-refractivity contribution in [2.24, 2.45) is 0 Å². The van der Waals surface area contributed by atoms with Gasteiger partial charge < -0.3 is 0 Å². The number of anilines is 7.